The van der Waals surface area contributed by atoms with Crippen molar-refractivity contribution < 1.29 is 9.53 Å². The molecule has 0 heterocycles. The van der Waals surface area contributed by atoms with Crippen molar-refractivity contribution in [2.75, 3.05) is 5.32 Å². The second kappa shape index (κ2) is 9.22. The van der Waals surface area contributed by atoms with Crippen molar-refractivity contribution in [1.82, 2.24) is 0 Å². The van der Waals surface area contributed by atoms with Gasteiger partial charge in [0.15, 0.2) is 6.10 Å². The number of anilines is 1. The maximum Gasteiger partial charge on any atom is 0.265 e. The van der Waals surface area contributed by atoms with E-state index in [0.29, 0.717) is 12.2 Å². The predicted octanol–water partition coefficient (Wildman–Crippen LogP) is 5.98. The molecule has 1 N–H and O–H groups in total. The number of hydrogen-bond donors (Lipinski definition) is 1. The second-order valence-corrected chi connectivity index (χ2v) is 6.81. The van der Waals surface area contributed by atoms with Crippen LogP contribution in [0.2, 0.25) is 0 Å². The van der Waals surface area contributed by atoms with E-state index in [1.165, 1.54) is 18.4 Å². The lowest BCUT2D eigenvalue weighted by Gasteiger charge is -2.18. The smallest absolute Gasteiger partial charge is 0.265 e. The van der Waals surface area contributed by atoms with Crippen LogP contribution in [-0.4, -0.2) is 12.0 Å². The highest BCUT2D eigenvalue weighted by atomic mass is 16.5. The largest absolute Gasteiger partial charge is 0.481 e. The normalized spacial score (nSPS) is 11.9. The molecule has 0 radical (unpaired) electrons. The fourth-order valence-electron chi connectivity index (χ4n) is 3.09. The van der Waals surface area contributed by atoms with Crippen LogP contribution in [0.3, 0.4) is 0 Å². The van der Waals surface area contributed by atoms with Gasteiger partial charge in [0.2, 0.25) is 0 Å². The van der Waals surface area contributed by atoms with E-state index >= 15 is 0 Å². The molecule has 3 aromatic carbocycles. The van der Waals surface area contributed by atoms with Crippen molar-refractivity contribution in [2.24, 2.45) is 0 Å². The number of nitrogens with one attached hydrogen (secondary N) is 1. The number of aryl methyl sites for hydroxylation is 1. The summed E-state index contributed by atoms with van der Waals surface area (Å²) in [4.78, 5) is 12.6. The van der Waals surface area contributed by atoms with E-state index in [9.17, 15) is 4.79 Å². The van der Waals surface area contributed by atoms with Crippen LogP contribution >= 0.6 is 0 Å². The van der Waals surface area contributed by atoms with Gasteiger partial charge in [-0.1, -0.05) is 62.7 Å². The van der Waals surface area contributed by atoms with Crippen molar-refractivity contribution >= 4 is 22.4 Å². The van der Waals surface area contributed by atoms with E-state index in [1.807, 2.05) is 55.5 Å². The molecule has 140 valence electrons. The molecule has 0 aliphatic heterocycles. The lowest BCUT2D eigenvalue weighted by atomic mass is 10.1. The second-order valence-electron chi connectivity index (χ2n) is 6.81. The minimum Gasteiger partial charge on any atom is -0.481 e. The van der Waals surface area contributed by atoms with Gasteiger partial charge in [0.25, 0.3) is 5.91 Å². The number of carbonyl (C=O) groups excluding carboxylic acids is 1. The van der Waals surface area contributed by atoms with Crippen LogP contribution in [0.4, 0.5) is 5.69 Å². The van der Waals surface area contributed by atoms with Crippen LogP contribution in [0.1, 0.15) is 38.7 Å². The summed E-state index contributed by atoms with van der Waals surface area (Å²) in [6, 6.07) is 22.1. The lowest BCUT2D eigenvalue weighted by Crippen LogP contribution is -2.32. The molecule has 3 heteroatoms. The zero-order valence-corrected chi connectivity index (χ0v) is 16.1. The van der Waals surface area contributed by atoms with E-state index in [1.54, 1.807) is 0 Å². The van der Waals surface area contributed by atoms with Crippen molar-refractivity contribution in [2.45, 2.75) is 45.6 Å². The minimum atomic E-state index is -0.522. The van der Waals surface area contributed by atoms with Gasteiger partial charge in [-0.3, -0.25) is 4.79 Å². The molecule has 3 rings (SSSR count). The van der Waals surface area contributed by atoms with Crippen LogP contribution in [-0.2, 0) is 11.2 Å². The number of carbonyl (C=O) groups is 1. The Morgan fingerprint density at radius 2 is 1.70 bits per heavy atom. The first kappa shape index (κ1) is 19.0. The van der Waals surface area contributed by atoms with Crippen LogP contribution in [0, 0.1) is 0 Å². The van der Waals surface area contributed by atoms with Crippen molar-refractivity contribution in [3.63, 3.8) is 0 Å². The van der Waals surface area contributed by atoms with E-state index in [-0.39, 0.29) is 5.91 Å². The molecule has 0 fully saturated rings. The highest BCUT2D eigenvalue weighted by Gasteiger charge is 2.18. The number of hydrogen-bond acceptors (Lipinski definition) is 2. The van der Waals surface area contributed by atoms with Crippen LogP contribution < -0.4 is 10.1 Å². The van der Waals surface area contributed by atoms with Crippen molar-refractivity contribution in [3.8, 4) is 5.75 Å². The summed E-state index contributed by atoms with van der Waals surface area (Å²) in [6.07, 6.45) is 3.53. The Morgan fingerprint density at radius 1 is 0.963 bits per heavy atom. The van der Waals surface area contributed by atoms with E-state index < -0.39 is 6.10 Å². The van der Waals surface area contributed by atoms with Gasteiger partial charge in [-0.15, -0.1) is 0 Å². The van der Waals surface area contributed by atoms with Crippen LogP contribution in [0.25, 0.3) is 10.8 Å². The maximum atomic E-state index is 12.6. The van der Waals surface area contributed by atoms with Gasteiger partial charge < -0.3 is 10.1 Å². The molecule has 0 aliphatic carbocycles. The summed E-state index contributed by atoms with van der Waals surface area (Å²) in [5.41, 5.74) is 2.11. The molecule has 0 aliphatic rings. The average Bonchev–Trinajstić information content (AvgIpc) is 2.71. The van der Waals surface area contributed by atoms with Gasteiger partial charge in [0, 0.05) is 5.69 Å². The third kappa shape index (κ3) is 5.10. The van der Waals surface area contributed by atoms with E-state index in [4.69, 9.17) is 4.74 Å². The van der Waals surface area contributed by atoms with Crippen molar-refractivity contribution in [1.29, 1.82) is 0 Å². The zero-order chi connectivity index (χ0) is 19.1. The van der Waals surface area contributed by atoms with Gasteiger partial charge in [0.1, 0.15) is 5.75 Å². The number of benzene rings is 3. The van der Waals surface area contributed by atoms with Gasteiger partial charge in [-0.25, -0.2) is 0 Å². The molecule has 3 aromatic rings. The summed E-state index contributed by atoms with van der Waals surface area (Å²) in [5, 5.41) is 5.23. The predicted molar refractivity (Wildman–Crippen MR) is 112 cm³/mol. The molecule has 0 saturated carbocycles. The third-order valence-corrected chi connectivity index (χ3v) is 4.70. The van der Waals surface area contributed by atoms with Gasteiger partial charge in [-0.2, -0.15) is 0 Å². The Balaban J connectivity index is 1.64. The molecule has 1 atom stereocenters. The molecular weight excluding hydrogens is 334 g/mol. The lowest BCUT2D eigenvalue weighted by molar-refractivity contribution is -0.122. The summed E-state index contributed by atoms with van der Waals surface area (Å²) in [5.74, 6) is 0.595. The molecule has 0 aromatic heterocycles. The first-order chi connectivity index (χ1) is 13.2. The van der Waals surface area contributed by atoms with Gasteiger partial charge in [0.05, 0.1) is 0 Å². The highest BCUT2D eigenvalue weighted by Crippen LogP contribution is 2.22. The number of ether oxygens (including phenoxy) is 1. The summed E-state index contributed by atoms with van der Waals surface area (Å²) < 4.78 is 5.97. The quantitative estimate of drug-likeness (QED) is 0.536. The summed E-state index contributed by atoms with van der Waals surface area (Å²) in [6.45, 7) is 4.15. The fraction of sp³-hybridized carbons (Fsp3) is 0.292. The van der Waals surface area contributed by atoms with E-state index in [0.717, 1.165) is 22.9 Å². The number of amides is 1. The molecule has 3 nitrogen and oxygen atoms in total. The van der Waals surface area contributed by atoms with Gasteiger partial charge in [-0.05, 0) is 59.9 Å². The molecule has 0 bridgehead atoms. The average molecular weight is 361 g/mol. The minimum absolute atomic E-state index is 0.119. The van der Waals surface area contributed by atoms with Crippen molar-refractivity contribution in [3.05, 3.63) is 72.3 Å². The Labute approximate surface area is 161 Å². The molecule has 0 spiro atoms. The van der Waals surface area contributed by atoms with Crippen LogP contribution in [0.15, 0.2) is 66.7 Å². The standard InChI is InChI=1S/C24H27NO2/c1-3-5-8-18-11-14-21(15-12-18)25-24(26)23(4-2)27-22-16-13-19-9-6-7-10-20(19)17-22/h6-7,9-17,23H,3-5,8H2,1-2H3,(H,25,26). The molecule has 0 saturated heterocycles. The molecular formula is C24H27NO2. The Hall–Kier alpha value is -2.81. The summed E-state index contributed by atoms with van der Waals surface area (Å²) in [7, 11) is 0. The first-order valence-electron chi connectivity index (χ1n) is 9.75. The first-order valence-corrected chi connectivity index (χ1v) is 9.75. The molecule has 27 heavy (non-hydrogen) atoms. The number of unbranched alkanes of at least 4 members (excludes halogenated alkanes) is 1. The Bertz CT molecular complexity index is 886. The molecule has 1 amide bonds. The fourth-order valence-corrected chi connectivity index (χ4v) is 3.09. The van der Waals surface area contributed by atoms with E-state index in [2.05, 4.69) is 30.4 Å². The SMILES string of the molecule is CCCCc1ccc(NC(=O)C(CC)Oc2ccc3ccccc3c2)cc1. The monoisotopic (exact) mass is 361 g/mol. The zero-order valence-electron chi connectivity index (χ0n) is 16.1. The maximum absolute atomic E-state index is 12.6. The topological polar surface area (TPSA) is 38.3 Å². The summed E-state index contributed by atoms with van der Waals surface area (Å²) >= 11 is 0. The van der Waals surface area contributed by atoms with Gasteiger partial charge >= 0.3 is 0 Å². The highest BCUT2D eigenvalue weighted by molar-refractivity contribution is 5.94. The molecule has 1 unspecified atom stereocenters. The Kier molecular flexibility index (Phi) is 6.48. The third-order valence-electron chi connectivity index (χ3n) is 4.70. The van der Waals surface area contributed by atoms with Crippen LogP contribution in [0.5, 0.6) is 5.75 Å². The number of rotatable bonds is 8. The number of fused-ring (bicyclic) bond motifs is 1. The Morgan fingerprint density at radius 3 is 2.41 bits per heavy atom.